The average molecular weight is 467 g/mol. The van der Waals surface area contributed by atoms with Gasteiger partial charge in [0.05, 0.1) is 17.9 Å². The summed E-state index contributed by atoms with van der Waals surface area (Å²) in [4.78, 5) is 18.2. The minimum absolute atomic E-state index is 0.159. The zero-order valence-electron chi connectivity index (χ0n) is 17.7. The number of benzene rings is 2. The van der Waals surface area contributed by atoms with Crippen LogP contribution < -0.4 is 9.64 Å². The van der Waals surface area contributed by atoms with Gasteiger partial charge in [-0.1, -0.05) is 17.7 Å². The van der Waals surface area contributed by atoms with E-state index in [4.69, 9.17) is 21.1 Å². The number of aromatic nitrogens is 3. The highest BCUT2D eigenvalue weighted by Gasteiger charge is 2.30. The Hall–Kier alpha value is -3.49. The molecule has 1 atom stereocenters. The predicted molar refractivity (Wildman–Crippen MR) is 123 cm³/mol. The third kappa shape index (κ3) is 4.27. The topological polar surface area (TPSA) is 69.5 Å². The molecule has 0 radical (unpaired) electrons. The normalized spacial score (nSPS) is 16.4. The molecular weight excluding hydrogens is 447 g/mol. The lowest BCUT2D eigenvalue weighted by atomic mass is 10.1. The summed E-state index contributed by atoms with van der Waals surface area (Å²) in [6, 6.07) is 13.8. The summed E-state index contributed by atoms with van der Waals surface area (Å²) in [5, 5.41) is 5.67. The Bertz CT molecular complexity index is 1340. The molecule has 4 aromatic rings. The maximum atomic E-state index is 14.4. The summed E-state index contributed by atoms with van der Waals surface area (Å²) in [5.74, 6) is -0.285. The molecule has 1 amide bonds. The van der Waals surface area contributed by atoms with Crippen molar-refractivity contribution in [3.8, 4) is 17.0 Å². The van der Waals surface area contributed by atoms with Gasteiger partial charge in [-0.2, -0.15) is 5.10 Å². The number of pyridine rings is 1. The molecule has 0 spiro atoms. The van der Waals surface area contributed by atoms with Crippen molar-refractivity contribution in [2.45, 2.75) is 6.10 Å². The van der Waals surface area contributed by atoms with E-state index in [9.17, 15) is 9.18 Å². The number of hydrogen-bond donors (Lipinski definition) is 0. The van der Waals surface area contributed by atoms with Gasteiger partial charge in [-0.3, -0.25) is 14.5 Å². The predicted octanol–water partition coefficient (Wildman–Crippen LogP) is 4.24. The maximum absolute atomic E-state index is 14.4. The van der Waals surface area contributed by atoms with Gasteiger partial charge < -0.3 is 14.4 Å². The van der Waals surface area contributed by atoms with Crippen molar-refractivity contribution < 1.29 is 18.7 Å². The summed E-state index contributed by atoms with van der Waals surface area (Å²) >= 11 is 5.84. The van der Waals surface area contributed by atoms with E-state index in [1.807, 2.05) is 43.6 Å². The molecule has 33 heavy (non-hydrogen) atoms. The molecule has 1 aliphatic rings. The van der Waals surface area contributed by atoms with E-state index >= 15 is 0 Å². The molecular formula is C24H20ClFN4O3. The van der Waals surface area contributed by atoms with Gasteiger partial charge in [-0.05, 0) is 42.5 Å². The first-order valence-electron chi connectivity index (χ1n) is 10.4. The van der Waals surface area contributed by atoms with Crippen molar-refractivity contribution in [3.63, 3.8) is 0 Å². The minimum Gasteiger partial charge on any atom is -0.489 e. The van der Waals surface area contributed by atoms with E-state index < -0.39 is 11.9 Å². The van der Waals surface area contributed by atoms with Crippen molar-refractivity contribution >= 4 is 34.1 Å². The number of hydrogen-bond acceptors (Lipinski definition) is 5. The van der Waals surface area contributed by atoms with Crippen LogP contribution in [0.4, 0.5) is 10.1 Å². The second kappa shape index (κ2) is 8.80. The van der Waals surface area contributed by atoms with Gasteiger partial charge in [-0.15, -0.1) is 0 Å². The zero-order chi connectivity index (χ0) is 22.9. The first kappa shape index (κ1) is 21.4. The molecule has 0 saturated carbocycles. The zero-order valence-corrected chi connectivity index (χ0v) is 18.5. The molecule has 2 aromatic carbocycles. The fraction of sp³-hybridized carbons (Fsp3) is 0.208. The van der Waals surface area contributed by atoms with Crippen LogP contribution in [-0.4, -0.2) is 46.5 Å². The largest absolute Gasteiger partial charge is 0.489 e. The average Bonchev–Trinajstić information content (AvgIpc) is 3.24. The Morgan fingerprint density at radius 3 is 2.91 bits per heavy atom. The molecule has 2 aromatic heterocycles. The number of anilines is 1. The van der Waals surface area contributed by atoms with E-state index in [1.54, 1.807) is 16.9 Å². The van der Waals surface area contributed by atoms with Crippen molar-refractivity contribution in [1.82, 2.24) is 14.8 Å². The third-order valence-corrected chi connectivity index (χ3v) is 5.71. The van der Waals surface area contributed by atoms with E-state index in [0.717, 1.165) is 16.6 Å². The van der Waals surface area contributed by atoms with Crippen molar-refractivity contribution in [1.29, 1.82) is 0 Å². The van der Waals surface area contributed by atoms with E-state index in [1.165, 1.54) is 17.0 Å². The van der Waals surface area contributed by atoms with Crippen molar-refractivity contribution in [3.05, 3.63) is 71.8 Å². The number of nitrogens with zero attached hydrogens (tertiary/aromatic N) is 4. The van der Waals surface area contributed by atoms with Gasteiger partial charge in [0.1, 0.15) is 36.4 Å². The Morgan fingerprint density at radius 2 is 2.12 bits per heavy atom. The number of amides is 1. The number of carbonyl (C=O) groups excluding carboxylic acids is 1. The molecule has 1 saturated heterocycles. The Balaban J connectivity index is 1.36. The number of morpholine rings is 1. The quantitative estimate of drug-likeness (QED) is 0.440. The molecule has 3 heterocycles. The monoisotopic (exact) mass is 466 g/mol. The summed E-state index contributed by atoms with van der Waals surface area (Å²) in [7, 11) is 1.87. The van der Waals surface area contributed by atoms with Crippen LogP contribution in [0.25, 0.3) is 22.2 Å². The second-order valence-corrected chi connectivity index (χ2v) is 8.17. The molecule has 7 nitrogen and oxygen atoms in total. The number of aryl methyl sites for hydroxylation is 1. The Kier molecular flexibility index (Phi) is 5.70. The highest BCUT2D eigenvalue weighted by molar-refractivity contribution is 6.30. The molecule has 1 aliphatic heterocycles. The standard InChI is InChI=1S/C24H20ClFN4O3/c1-29-10-8-20(28-29)17-5-7-22(24-18(17)3-2-9-27-24)33-13-16-12-30(23(31)14-32-16)21-6-4-15(25)11-19(21)26/h2-11,16H,12-14H2,1H3/t16-/m0/s1. The summed E-state index contributed by atoms with van der Waals surface area (Å²) < 4.78 is 27.8. The molecule has 0 aliphatic carbocycles. The van der Waals surface area contributed by atoms with Crippen LogP contribution in [0, 0.1) is 5.82 Å². The van der Waals surface area contributed by atoms with Gasteiger partial charge >= 0.3 is 0 Å². The molecule has 5 rings (SSSR count). The second-order valence-electron chi connectivity index (χ2n) is 7.73. The number of ether oxygens (including phenoxy) is 2. The van der Waals surface area contributed by atoms with Gasteiger partial charge in [0.25, 0.3) is 5.91 Å². The van der Waals surface area contributed by atoms with Crippen LogP contribution in [0.1, 0.15) is 0 Å². The van der Waals surface area contributed by atoms with E-state index in [2.05, 4.69) is 10.1 Å². The smallest absolute Gasteiger partial charge is 0.253 e. The first-order valence-corrected chi connectivity index (χ1v) is 10.7. The van der Waals surface area contributed by atoms with Gasteiger partial charge in [0, 0.05) is 35.4 Å². The molecule has 9 heteroatoms. The number of rotatable bonds is 5. The van der Waals surface area contributed by atoms with Crippen LogP contribution in [0.3, 0.4) is 0 Å². The van der Waals surface area contributed by atoms with E-state index in [0.29, 0.717) is 11.3 Å². The van der Waals surface area contributed by atoms with Gasteiger partial charge in [-0.25, -0.2) is 4.39 Å². The summed E-state index contributed by atoms with van der Waals surface area (Å²) in [6.45, 7) is 0.177. The lowest BCUT2D eigenvalue weighted by Crippen LogP contribution is -2.49. The number of halogens is 2. The van der Waals surface area contributed by atoms with Crippen LogP contribution >= 0.6 is 11.6 Å². The fourth-order valence-corrected chi connectivity index (χ4v) is 4.05. The molecule has 0 N–H and O–H groups in total. The van der Waals surface area contributed by atoms with Gasteiger partial charge in [0.2, 0.25) is 0 Å². The number of fused-ring (bicyclic) bond motifs is 1. The first-order chi connectivity index (χ1) is 16.0. The molecule has 0 bridgehead atoms. The SMILES string of the molecule is Cn1ccc(-c2ccc(OC[C@@H]3CN(c4ccc(Cl)cc4F)C(=O)CO3)c3ncccc23)n1. The molecule has 168 valence electrons. The van der Waals surface area contributed by atoms with Gasteiger partial charge in [0.15, 0.2) is 0 Å². The minimum atomic E-state index is -0.558. The Morgan fingerprint density at radius 1 is 1.24 bits per heavy atom. The lowest BCUT2D eigenvalue weighted by molar-refractivity contribution is -0.130. The molecule has 1 fully saturated rings. The number of carbonyl (C=O) groups is 1. The van der Waals surface area contributed by atoms with Crippen LogP contribution in [-0.2, 0) is 16.6 Å². The highest BCUT2D eigenvalue weighted by Crippen LogP contribution is 2.33. The summed E-state index contributed by atoms with van der Waals surface area (Å²) in [6.07, 6.45) is 3.16. The van der Waals surface area contributed by atoms with Crippen molar-refractivity contribution in [2.75, 3.05) is 24.7 Å². The van der Waals surface area contributed by atoms with Crippen LogP contribution in [0.2, 0.25) is 5.02 Å². The Labute approximate surface area is 194 Å². The maximum Gasteiger partial charge on any atom is 0.253 e. The molecule has 0 unspecified atom stereocenters. The third-order valence-electron chi connectivity index (χ3n) is 5.48. The highest BCUT2D eigenvalue weighted by atomic mass is 35.5. The van der Waals surface area contributed by atoms with E-state index in [-0.39, 0.29) is 36.4 Å². The van der Waals surface area contributed by atoms with Crippen LogP contribution in [0.15, 0.2) is 60.9 Å². The fourth-order valence-electron chi connectivity index (χ4n) is 3.89. The summed E-state index contributed by atoms with van der Waals surface area (Å²) in [5.41, 5.74) is 2.67. The van der Waals surface area contributed by atoms with Crippen LogP contribution in [0.5, 0.6) is 5.75 Å². The van der Waals surface area contributed by atoms with Crippen molar-refractivity contribution in [2.24, 2.45) is 7.05 Å². The lowest BCUT2D eigenvalue weighted by Gasteiger charge is -2.32.